The average molecular weight is 508 g/mol. The molecule has 1 aromatic carbocycles. The summed E-state index contributed by atoms with van der Waals surface area (Å²) in [5.41, 5.74) is 2.32. The third kappa shape index (κ3) is 5.64. The molecule has 1 unspecified atom stereocenters. The molecule has 1 aliphatic carbocycles. The number of fused-ring (bicyclic) bond motifs is 1. The van der Waals surface area contributed by atoms with Gasteiger partial charge in [0, 0.05) is 55.8 Å². The van der Waals surface area contributed by atoms with E-state index in [-0.39, 0.29) is 11.7 Å². The average Bonchev–Trinajstić information content (AvgIpc) is 3.33. The number of thiophene rings is 1. The van der Waals surface area contributed by atoms with Crippen molar-refractivity contribution < 1.29 is 13.9 Å². The van der Waals surface area contributed by atoms with Gasteiger partial charge in [0.15, 0.2) is 11.6 Å². The summed E-state index contributed by atoms with van der Waals surface area (Å²) in [6, 6.07) is 6.39. The molecule has 36 heavy (non-hydrogen) atoms. The number of aromatic nitrogens is 2. The summed E-state index contributed by atoms with van der Waals surface area (Å²) < 4.78 is 21.3. The van der Waals surface area contributed by atoms with Gasteiger partial charge in [0.2, 0.25) is 11.8 Å². The quantitative estimate of drug-likeness (QED) is 0.475. The van der Waals surface area contributed by atoms with Crippen LogP contribution < -0.4 is 10.1 Å². The van der Waals surface area contributed by atoms with Gasteiger partial charge in [0.05, 0.1) is 5.52 Å². The summed E-state index contributed by atoms with van der Waals surface area (Å²) in [7, 11) is 2.18. The van der Waals surface area contributed by atoms with Gasteiger partial charge in [0.25, 0.3) is 0 Å². The topological polar surface area (TPSA) is 70.6 Å². The number of halogens is 1. The molecule has 0 saturated carbocycles. The van der Waals surface area contributed by atoms with Gasteiger partial charge in [-0.05, 0) is 43.2 Å². The highest BCUT2D eigenvalue weighted by molar-refractivity contribution is 7.20. The number of amides is 1. The number of benzene rings is 1. The van der Waals surface area contributed by atoms with Crippen LogP contribution in [-0.4, -0.2) is 65.4 Å². The standard InChI is InChI=1S/C27H30FN5O2S/c1-3-25(34)31-20-8-9-23(21(28)14-20)35-27-26-22(29-17-30-27)15-24(36-26)19-6-4-18(5-7-19)16-33-12-10-32(2)11-13-33/h4,6-9,14-15,17-18H,3,5,10-13,16H2,1-2H3,(H,31,34). The summed E-state index contributed by atoms with van der Waals surface area (Å²) in [6.07, 6.45) is 9.57. The van der Waals surface area contributed by atoms with Gasteiger partial charge in [-0.1, -0.05) is 25.2 Å². The van der Waals surface area contributed by atoms with Crippen molar-refractivity contribution in [2.45, 2.75) is 19.8 Å². The van der Waals surface area contributed by atoms with E-state index in [1.807, 2.05) is 6.07 Å². The van der Waals surface area contributed by atoms with E-state index in [9.17, 15) is 9.18 Å². The number of nitrogens with zero attached hydrogens (tertiary/aromatic N) is 4. The van der Waals surface area contributed by atoms with Gasteiger partial charge in [-0.15, -0.1) is 11.3 Å². The molecule has 7 nitrogen and oxygen atoms in total. The number of nitrogens with one attached hydrogen (secondary N) is 1. The first-order valence-corrected chi connectivity index (χ1v) is 13.1. The zero-order chi connectivity index (χ0) is 25.1. The van der Waals surface area contributed by atoms with E-state index < -0.39 is 5.82 Å². The fourth-order valence-electron chi connectivity index (χ4n) is 4.41. The lowest BCUT2D eigenvalue weighted by Gasteiger charge is -2.34. The van der Waals surface area contributed by atoms with E-state index >= 15 is 0 Å². The number of hydrogen-bond acceptors (Lipinski definition) is 7. The largest absolute Gasteiger partial charge is 0.434 e. The van der Waals surface area contributed by atoms with E-state index in [1.165, 1.54) is 24.0 Å². The molecule has 0 bridgehead atoms. The molecule has 5 rings (SSSR count). The molecule has 1 saturated heterocycles. The van der Waals surface area contributed by atoms with E-state index in [2.05, 4.69) is 50.4 Å². The van der Waals surface area contributed by atoms with Crippen LogP contribution in [0.1, 0.15) is 24.6 Å². The third-order valence-electron chi connectivity index (χ3n) is 6.58. The monoisotopic (exact) mass is 507 g/mol. The van der Waals surface area contributed by atoms with E-state index in [0.29, 0.717) is 23.9 Å². The lowest BCUT2D eigenvalue weighted by molar-refractivity contribution is -0.115. The van der Waals surface area contributed by atoms with E-state index in [0.717, 1.165) is 54.2 Å². The second kappa shape index (κ2) is 10.9. The summed E-state index contributed by atoms with van der Waals surface area (Å²) in [6.45, 7) is 7.36. The number of carbonyl (C=O) groups excluding carboxylic acids is 1. The number of piperazine rings is 1. The Balaban J connectivity index is 1.28. The molecule has 2 aromatic heterocycles. The van der Waals surface area contributed by atoms with E-state index in [4.69, 9.17) is 4.74 Å². The Morgan fingerprint density at radius 2 is 2.06 bits per heavy atom. The first-order valence-electron chi connectivity index (χ1n) is 12.3. The van der Waals surface area contributed by atoms with Crippen molar-refractivity contribution in [1.82, 2.24) is 19.8 Å². The van der Waals surface area contributed by atoms with Crippen molar-refractivity contribution in [3.63, 3.8) is 0 Å². The molecule has 1 atom stereocenters. The first kappa shape index (κ1) is 24.5. The molecule has 1 aliphatic heterocycles. The lowest BCUT2D eigenvalue weighted by Crippen LogP contribution is -2.45. The number of carbonyl (C=O) groups is 1. The van der Waals surface area contributed by atoms with Crippen molar-refractivity contribution >= 4 is 38.7 Å². The number of allylic oxidation sites excluding steroid dienone is 3. The Hall–Kier alpha value is -3.14. The fraction of sp³-hybridized carbons (Fsp3) is 0.370. The number of ether oxygens (including phenoxy) is 1. The minimum absolute atomic E-state index is 0.0444. The van der Waals surface area contributed by atoms with Crippen LogP contribution in [0, 0.1) is 11.7 Å². The van der Waals surface area contributed by atoms with Crippen molar-refractivity contribution in [3.8, 4) is 11.6 Å². The zero-order valence-electron chi connectivity index (χ0n) is 20.5. The Bertz CT molecular complexity index is 1310. The van der Waals surface area contributed by atoms with Gasteiger partial charge in [-0.25, -0.2) is 14.4 Å². The van der Waals surface area contributed by atoms with Crippen molar-refractivity contribution in [3.05, 3.63) is 59.5 Å². The minimum Gasteiger partial charge on any atom is -0.434 e. The molecular weight excluding hydrogens is 477 g/mol. The highest BCUT2D eigenvalue weighted by Gasteiger charge is 2.20. The molecule has 1 amide bonds. The van der Waals surface area contributed by atoms with Crippen LogP contribution in [0.15, 0.2) is 48.8 Å². The number of hydrogen-bond donors (Lipinski definition) is 1. The Labute approximate surface area is 214 Å². The molecule has 2 aliphatic rings. The summed E-state index contributed by atoms with van der Waals surface area (Å²) in [5, 5.41) is 2.65. The fourth-order valence-corrected chi connectivity index (χ4v) is 5.47. The normalized spacial score (nSPS) is 18.9. The zero-order valence-corrected chi connectivity index (χ0v) is 21.4. The molecule has 1 N–H and O–H groups in total. The van der Waals surface area contributed by atoms with Gasteiger partial charge in [0.1, 0.15) is 11.0 Å². The first-order chi connectivity index (χ1) is 17.5. The van der Waals surface area contributed by atoms with Crippen LogP contribution in [0.4, 0.5) is 10.1 Å². The van der Waals surface area contributed by atoms with Crippen LogP contribution in [-0.2, 0) is 4.79 Å². The van der Waals surface area contributed by atoms with Crippen LogP contribution in [0.2, 0.25) is 0 Å². The molecular formula is C27H30FN5O2S. The lowest BCUT2D eigenvalue weighted by atomic mass is 9.95. The molecule has 3 aromatic rings. The predicted octanol–water partition coefficient (Wildman–Crippen LogP) is 5.18. The van der Waals surface area contributed by atoms with Crippen LogP contribution in [0.3, 0.4) is 0 Å². The number of anilines is 1. The smallest absolute Gasteiger partial charge is 0.240 e. The Kier molecular flexibility index (Phi) is 7.41. The van der Waals surface area contributed by atoms with Gasteiger partial charge in [-0.2, -0.15) is 0 Å². The SMILES string of the molecule is CCC(=O)Nc1ccc(Oc2ncnc3cc(C4=CCC(CN5CCN(C)CC5)C=C4)sc23)c(F)c1. The number of likely N-dealkylation sites (N-methyl/N-ethyl adjacent to an activating group) is 1. The summed E-state index contributed by atoms with van der Waals surface area (Å²) in [5.74, 6) is 0.134. The molecule has 9 heteroatoms. The minimum atomic E-state index is -0.572. The predicted molar refractivity (Wildman–Crippen MR) is 142 cm³/mol. The third-order valence-corrected chi connectivity index (χ3v) is 7.74. The highest BCUT2D eigenvalue weighted by atomic mass is 32.1. The van der Waals surface area contributed by atoms with Crippen molar-refractivity contribution in [2.75, 3.05) is 45.1 Å². The van der Waals surface area contributed by atoms with Crippen LogP contribution in [0.25, 0.3) is 15.8 Å². The maximum absolute atomic E-state index is 14.7. The highest BCUT2D eigenvalue weighted by Crippen LogP contribution is 2.38. The van der Waals surface area contributed by atoms with Gasteiger partial charge >= 0.3 is 0 Å². The molecule has 1 fully saturated rings. The van der Waals surface area contributed by atoms with Gasteiger partial charge < -0.3 is 19.9 Å². The molecule has 188 valence electrons. The van der Waals surface area contributed by atoms with Crippen molar-refractivity contribution in [2.24, 2.45) is 5.92 Å². The summed E-state index contributed by atoms with van der Waals surface area (Å²) >= 11 is 1.54. The molecule has 0 spiro atoms. The van der Waals surface area contributed by atoms with Crippen molar-refractivity contribution in [1.29, 1.82) is 0 Å². The summed E-state index contributed by atoms with van der Waals surface area (Å²) in [4.78, 5) is 26.2. The Morgan fingerprint density at radius 3 is 2.78 bits per heavy atom. The molecule has 0 radical (unpaired) electrons. The maximum atomic E-state index is 14.7. The second-order valence-corrected chi connectivity index (χ2v) is 10.3. The Morgan fingerprint density at radius 1 is 1.22 bits per heavy atom. The van der Waals surface area contributed by atoms with Gasteiger partial charge in [-0.3, -0.25) is 4.79 Å². The van der Waals surface area contributed by atoms with Crippen LogP contribution >= 0.6 is 11.3 Å². The van der Waals surface area contributed by atoms with Crippen LogP contribution in [0.5, 0.6) is 11.6 Å². The molecule has 3 heterocycles. The maximum Gasteiger partial charge on any atom is 0.240 e. The number of rotatable bonds is 7. The van der Waals surface area contributed by atoms with E-state index in [1.54, 1.807) is 24.3 Å². The second-order valence-electron chi connectivity index (χ2n) is 9.27.